The Balaban J connectivity index is 1.70. The van der Waals surface area contributed by atoms with Crippen molar-refractivity contribution < 1.29 is 14.3 Å². The number of aromatic nitrogens is 1. The molecule has 0 atom stereocenters. The second-order valence-electron chi connectivity index (χ2n) is 6.29. The van der Waals surface area contributed by atoms with Crippen LogP contribution < -0.4 is 14.8 Å². The summed E-state index contributed by atoms with van der Waals surface area (Å²) >= 11 is 1.41. The molecule has 0 bridgehead atoms. The van der Waals surface area contributed by atoms with Gasteiger partial charge in [-0.15, -0.1) is 11.3 Å². The lowest BCUT2D eigenvalue weighted by Crippen LogP contribution is -2.07. The fourth-order valence-electron chi connectivity index (χ4n) is 2.74. The molecule has 0 saturated heterocycles. The highest BCUT2D eigenvalue weighted by Gasteiger charge is 2.09. The Morgan fingerprint density at radius 3 is 2.61 bits per heavy atom. The summed E-state index contributed by atoms with van der Waals surface area (Å²) in [4.78, 5) is 16.8. The minimum atomic E-state index is -0.239. The zero-order chi connectivity index (χ0) is 20.1. The maximum Gasteiger partial charge on any atom is 0.250 e. The van der Waals surface area contributed by atoms with Crippen molar-refractivity contribution in [3.05, 3.63) is 64.5 Å². The second kappa shape index (κ2) is 8.71. The van der Waals surface area contributed by atoms with Gasteiger partial charge in [-0.05, 0) is 49.2 Å². The summed E-state index contributed by atoms with van der Waals surface area (Å²) in [7, 11) is 3.16. The first-order valence-corrected chi connectivity index (χ1v) is 9.62. The number of carbonyl (C=O) groups is 1. The number of methoxy groups -OCH3 is 2. The fourth-order valence-corrected chi connectivity index (χ4v) is 3.46. The maximum absolute atomic E-state index is 12.2. The Morgan fingerprint density at radius 1 is 1.07 bits per heavy atom. The highest BCUT2D eigenvalue weighted by molar-refractivity contribution is 7.14. The lowest BCUT2D eigenvalue weighted by atomic mass is 10.0. The largest absolute Gasteiger partial charge is 0.493 e. The quantitative estimate of drug-likeness (QED) is 0.591. The van der Waals surface area contributed by atoms with Crippen molar-refractivity contribution in [3.63, 3.8) is 0 Å². The van der Waals surface area contributed by atoms with Crippen LogP contribution in [0.3, 0.4) is 0 Å². The molecule has 0 fully saturated rings. The normalized spacial score (nSPS) is 10.9. The third-order valence-corrected chi connectivity index (χ3v) is 5.00. The highest BCUT2D eigenvalue weighted by Crippen LogP contribution is 2.29. The van der Waals surface area contributed by atoms with E-state index in [4.69, 9.17) is 9.47 Å². The van der Waals surface area contributed by atoms with Crippen molar-refractivity contribution in [1.29, 1.82) is 0 Å². The van der Waals surface area contributed by atoms with Crippen LogP contribution in [0.15, 0.2) is 47.9 Å². The number of rotatable bonds is 6. The van der Waals surface area contributed by atoms with Crippen LogP contribution in [0.5, 0.6) is 11.5 Å². The summed E-state index contributed by atoms with van der Waals surface area (Å²) in [6.45, 7) is 4.11. The smallest absolute Gasteiger partial charge is 0.250 e. The van der Waals surface area contributed by atoms with Gasteiger partial charge in [0.1, 0.15) is 0 Å². The number of hydrogen-bond donors (Lipinski definition) is 1. The van der Waals surface area contributed by atoms with Crippen LogP contribution in [-0.2, 0) is 4.79 Å². The molecule has 0 aliphatic heterocycles. The number of thiazole rings is 1. The van der Waals surface area contributed by atoms with E-state index in [1.165, 1.54) is 23.0 Å². The topological polar surface area (TPSA) is 60.5 Å². The molecule has 0 aliphatic rings. The van der Waals surface area contributed by atoms with Gasteiger partial charge < -0.3 is 9.47 Å². The van der Waals surface area contributed by atoms with Crippen LogP contribution in [0.2, 0.25) is 0 Å². The summed E-state index contributed by atoms with van der Waals surface area (Å²) < 4.78 is 10.5. The zero-order valence-corrected chi connectivity index (χ0v) is 17.1. The monoisotopic (exact) mass is 394 g/mol. The van der Waals surface area contributed by atoms with E-state index in [0.29, 0.717) is 16.6 Å². The van der Waals surface area contributed by atoms with Crippen molar-refractivity contribution >= 4 is 28.5 Å². The van der Waals surface area contributed by atoms with Gasteiger partial charge in [-0.25, -0.2) is 4.98 Å². The van der Waals surface area contributed by atoms with Gasteiger partial charge in [0.2, 0.25) is 5.91 Å². The summed E-state index contributed by atoms with van der Waals surface area (Å²) in [5.41, 5.74) is 5.12. The van der Waals surface area contributed by atoms with Gasteiger partial charge in [-0.1, -0.05) is 23.8 Å². The Labute approximate surface area is 168 Å². The van der Waals surface area contributed by atoms with E-state index in [-0.39, 0.29) is 5.91 Å². The highest BCUT2D eigenvalue weighted by atomic mass is 32.1. The molecule has 0 aliphatic carbocycles. The fraction of sp³-hybridized carbons (Fsp3) is 0.182. The lowest BCUT2D eigenvalue weighted by molar-refractivity contribution is -0.111. The number of benzene rings is 2. The molecule has 0 radical (unpaired) electrons. The van der Waals surface area contributed by atoms with Crippen molar-refractivity contribution in [2.45, 2.75) is 13.8 Å². The molecule has 1 aromatic heterocycles. The van der Waals surface area contributed by atoms with Crippen LogP contribution >= 0.6 is 11.3 Å². The molecule has 3 aromatic rings. The summed E-state index contributed by atoms with van der Waals surface area (Å²) in [6.07, 6.45) is 3.19. The number of hydrogen-bond acceptors (Lipinski definition) is 5. The Kier molecular flexibility index (Phi) is 6.11. The molecule has 28 heavy (non-hydrogen) atoms. The molecule has 0 spiro atoms. The van der Waals surface area contributed by atoms with E-state index in [9.17, 15) is 4.79 Å². The molecule has 1 N–H and O–H groups in total. The van der Waals surface area contributed by atoms with Crippen LogP contribution in [0, 0.1) is 13.8 Å². The maximum atomic E-state index is 12.2. The standard InChI is InChI=1S/C22H22N2O3S/c1-14-5-6-15(2)17(11-14)18-13-28-22(23-18)24-21(25)10-8-16-7-9-19(26-3)20(12-16)27-4/h5-13H,1-4H3,(H,23,24,25)/b10-8+. The molecule has 0 unspecified atom stereocenters. The second-order valence-corrected chi connectivity index (χ2v) is 7.15. The van der Waals surface area contributed by atoms with Gasteiger partial charge in [0.05, 0.1) is 19.9 Å². The number of amides is 1. The van der Waals surface area contributed by atoms with Gasteiger partial charge in [0, 0.05) is 17.0 Å². The molecule has 0 saturated carbocycles. The molecule has 6 heteroatoms. The zero-order valence-electron chi connectivity index (χ0n) is 16.3. The molecule has 1 heterocycles. The van der Waals surface area contributed by atoms with Gasteiger partial charge in [0.25, 0.3) is 0 Å². The summed E-state index contributed by atoms with van der Waals surface area (Å²) in [5.74, 6) is 1.02. The molecule has 144 valence electrons. The molecular formula is C22H22N2O3S. The van der Waals surface area contributed by atoms with Gasteiger partial charge in [0.15, 0.2) is 16.6 Å². The average Bonchev–Trinajstić information content (AvgIpc) is 3.16. The van der Waals surface area contributed by atoms with Crippen LogP contribution in [-0.4, -0.2) is 25.1 Å². The van der Waals surface area contributed by atoms with Gasteiger partial charge in [-0.3, -0.25) is 10.1 Å². The lowest BCUT2D eigenvalue weighted by Gasteiger charge is -2.07. The number of ether oxygens (including phenoxy) is 2. The average molecular weight is 394 g/mol. The first kappa shape index (κ1) is 19.6. The SMILES string of the molecule is COc1ccc(/C=C/C(=O)Nc2nc(-c3cc(C)ccc3C)cs2)cc1OC. The van der Waals surface area contributed by atoms with E-state index < -0.39 is 0 Å². The van der Waals surface area contributed by atoms with E-state index in [1.54, 1.807) is 26.4 Å². The van der Waals surface area contributed by atoms with E-state index in [1.807, 2.05) is 17.5 Å². The Bertz CT molecular complexity index is 1020. The number of aryl methyl sites for hydroxylation is 2. The third-order valence-electron chi connectivity index (χ3n) is 4.24. The van der Waals surface area contributed by atoms with Gasteiger partial charge in [-0.2, -0.15) is 0 Å². The predicted octanol–water partition coefficient (Wildman–Crippen LogP) is 5.10. The minimum absolute atomic E-state index is 0.239. The number of anilines is 1. The molecule has 5 nitrogen and oxygen atoms in total. The van der Waals surface area contributed by atoms with E-state index >= 15 is 0 Å². The minimum Gasteiger partial charge on any atom is -0.493 e. The number of nitrogens with zero attached hydrogens (tertiary/aromatic N) is 1. The van der Waals surface area contributed by atoms with Crippen molar-refractivity contribution in [2.24, 2.45) is 0 Å². The molecule has 1 amide bonds. The van der Waals surface area contributed by atoms with Gasteiger partial charge >= 0.3 is 0 Å². The number of carbonyl (C=O) groups excluding carboxylic acids is 1. The number of nitrogens with one attached hydrogen (secondary N) is 1. The van der Waals surface area contributed by atoms with Crippen LogP contribution in [0.4, 0.5) is 5.13 Å². The summed E-state index contributed by atoms with van der Waals surface area (Å²) in [5, 5.41) is 5.33. The molecule has 2 aromatic carbocycles. The molecular weight excluding hydrogens is 372 g/mol. The van der Waals surface area contributed by atoms with Crippen LogP contribution in [0.25, 0.3) is 17.3 Å². The third kappa shape index (κ3) is 4.58. The molecule has 3 rings (SSSR count). The first-order chi connectivity index (χ1) is 13.5. The van der Waals surface area contributed by atoms with E-state index in [0.717, 1.165) is 22.4 Å². The van der Waals surface area contributed by atoms with Crippen molar-refractivity contribution in [1.82, 2.24) is 4.98 Å². The Hall–Kier alpha value is -3.12. The van der Waals surface area contributed by atoms with E-state index in [2.05, 4.69) is 42.3 Å². The Morgan fingerprint density at radius 2 is 1.86 bits per heavy atom. The predicted molar refractivity (Wildman–Crippen MR) is 114 cm³/mol. The first-order valence-electron chi connectivity index (χ1n) is 8.74. The van der Waals surface area contributed by atoms with Crippen LogP contribution in [0.1, 0.15) is 16.7 Å². The summed E-state index contributed by atoms with van der Waals surface area (Å²) in [6, 6.07) is 11.7. The van der Waals surface area contributed by atoms with Crippen molar-refractivity contribution in [3.8, 4) is 22.8 Å². The van der Waals surface area contributed by atoms with Crippen molar-refractivity contribution in [2.75, 3.05) is 19.5 Å².